The predicted molar refractivity (Wildman–Crippen MR) is 164 cm³/mol. The summed E-state index contributed by atoms with van der Waals surface area (Å²) in [5.41, 5.74) is 14.5. The van der Waals surface area contributed by atoms with E-state index in [0.29, 0.717) is 0 Å². The van der Waals surface area contributed by atoms with Gasteiger partial charge in [0.1, 0.15) is 0 Å². The van der Waals surface area contributed by atoms with Crippen LogP contribution in [0.25, 0.3) is 55.9 Å². The molecule has 1 aliphatic carbocycles. The standard InChI is InChI=1S/C38H29N/c1-38(2)34-19-10-9-18-32(34)33-23-30(20-21-35(33)38)28-16-11-17-29(22-28)31-24-36(26-12-5-3-6-13-26)39-37(25-31)27-14-7-4-8-15-27/h3-25H,1-2H3. The molecule has 0 amide bonds. The highest BCUT2D eigenvalue weighted by Gasteiger charge is 2.35. The van der Waals surface area contributed by atoms with E-state index in [1.165, 1.54) is 38.9 Å². The van der Waals surface area contributed by atoms with Crippen LogP contribution in [0.15, 0.2) is 140 Å². The van der Waals surface area contributed by atoms with Crippen molar-refractivity contribution in [1.29, 1.82) is 0 Å². The van der Waals surface area contributed by atoms with Gasteiger partial charge in [0.15, 0.2) is 0 Å². The Morgan fingerprint density at radius 2 is 0.897 bits per heavy atom. The molecule has 1 aliphatic rings. The van der Waals surface area contributed by atoms with Crippen LogP contribution in [0.3, 0.4) is 0 Å². The van der Waals surface area contributed by atoms with Gasteiger partial charge in [0.25, 0.3) is 0 Å². The lowest BCUT2D eigenvalue weighted by Gasteiger charge is -2.21. The second kappa shape index (κ2) is 9.22. The molecule has 0 aliphatic heterocycles. The third-order valence-electron chi connectivity index (χ3n) is 8.08. The zero-order valence-electron chi connectivity index (χ0n) is 22.2. The molecule has 0 spiro atoms. The molecule has 0 saturated heterocycles. The summed E-state index contributed by atoms with van der Waals surface area (Å²) >= 11 is 0. The summed E-state index contributed by atoms with van der Waals surface area (Å²) in [7, 11) is 0. The average molecular weight is 500 g/mol. The molecule has 0 bridgehead atoms. The van der Waals surface area contributed by atoms with Crippen LogP contribution in [0.2, 0.25) is 0 Å². The van der Waals surface area contributed by atoms with E-state index in [9.17, 15) is 0 Å². The van der Waals surface area contributed by atoms with Crippen LogP contribution in [0.5, 0.6) is 0 Å². The summed E-state index contributed by atoms with van der Waals surface area (Å²) in [6.07, 6.45) is 0. The summed E-state index contributed by atoms with van der Waals surface area (Å²) in [5, 5.41) is 0. The van der Waals surface area contributed by atoms with Crippen molar-refractivity contribution >= 4 is 0 Å². The van der Waals surface area contributed by atoms with Crippen LogP contribution >= 0.6 is 0 Å². The molecule has 1 nitrogen and oxygen atoms in total. The lowest BCUT2D eigenvalue weighted by molar-refractivity contribution is 0.660. The average Bonchev–Trinajstić information content (AvgIpc) is 3.24. The van der Waals surface area contributed by atoms with Gasteiger partial charge in [-0.15, -0.1) is 0 Å². The Hall–Kier alpha value is -4.75. The van der Waals surface area contributed by atoms with Crippen LogP contribution < -0.4 is 0 Å². The van der Waals surface area contributed by atoms with Crippen molar-refractivity contribution in [2.45, 2.75) is 19.3 Å². The van der Waals surface area contributed by atoms with Gasteiger partial charge < -0.3 is 0 Å². The Morgan fingerprint density at radius 1 is 0.385 bits per heavy atom. The monoisotopic (exact) mass is 499 g/mol. The zero-order valence-corrected chi connectivity index (χ0v) is 22.2. The van der Waals surface area contributed by atoms with Gasteiger partial charge in [-0.05, 0) is 68.8 Å². The lowest BCUT2D eigenvalue weighted by Crippen LogP contribution is -2.14. The number of aromatic nitrogens is 1. The van der Waals surface area contributed by atoms with Crippen molar-refractivity contribution in [3.63, 3.8) is 0 Å². The molecular weight excluding hydrogens is 470 g/mol. The molecule has 0 N–H and O–H groups in total. The Morgan fingerprint density at radius 3 is 1.56 bits per heavy atom. The highest BCUT2D eigenvalue weighted by molar-refractivity contribution is 5.85. The Kier molecular flexibility index (Phi) is 5.52. The van der Waals surface area contributed by atoms with Gasteiger partial charge in [0.05, 0.1) is 11.4 Å². The summed E-state index contributed by atoms with van der Waals surface area (Å²) in [6, 6.07) is 50.0. The van der Waals surface area contributed by atoms with E-state index < -0.39 is 0 Å². The minimum absolute atomic E-state index is 0.0189. The molecule has 7 rings (SSSR count). The number of benzene rings is 5. The molecule has 5 aromatic carbocycles. The molecule has 0 radical (unpaired) electrons. The predicted octanol–water partition coefficient (Wildman–Crippen LogP) is 10.1. The van der Waals surface area contributed by atoms with Gasteiger partial charge in [-0.3, -0.25) is 0 Å². The normalized spacial score (nSPS) is 13.1. The second-order valence-electron chi connectivity index (χ2n) is 10.9. The van der Waals surface area contributed by atoms with Crippen molar-refractivity contribution in [2.24, 2.45) is 0 Å². The molecule has 1 aromatic heterocycles. The summed E-state index contributed by atoms with van der Waals surface area (Å²) in [5.74, 6) is 0. The molecule has 0 atom stereocenters. The van der Waals surface area contributed by atoms with E-state index in [2.05, 4.69) is 141 Å². The van der Waals surface area contributed by atoms with Crippen LogP contribution in [0, 0.1) is 0 Å². The molecule has 6 aromatic rings. The van der Waals surface area contributed by atoms with E-state index in [-0.39, 0.29) is 5.41 Å². The van der Waals surface area contributed by atoms with Gasteiger partial charge in [0.2, 0.25) is 0 Å². The summed E-state index contributed by atoms with van der Waals surface area (Å²) < 4.78 is 0. The zero-order chi connectivity index (χ0) is 26.4. The Labute approximate surface area is 230 Å². The SMILES string of the molecule is CC1(C)c2ccccc2-c2cc(-c3cccc(-c4cc(-c5ccccc5)nc(-c5ccccc5)c4)c3)ccc21. The molecule has 1 heteroatoms. The maximum Gasteiger partial charge on any atom is 0.0715 e. The summed E-state index contributed by atoms with van der Waals surface area (Å²) in [6.45, 7) is 4.66. The topological polar surface area (TPSA) is 12.9 Å². The van der Waals surface area contributed by atoms with Crippen LogP contribution in [0.1, 0.15) is 25.0 Å². The quantitative estimate of drug-likeness (QED) is 0.235. The van der Waals surface area contributed by atoms with Crippen LogP contribution in [-0.4, -0.2) is 4.98 Å². The number of pyridine rings is 1. The van der Waals surface area contributed by atoms with E-state index in [0.717, 1.165) is 28.1 Å². The maximum atomic E-state index is 5.05. The van der Waals surface area contributed by atoms with Crippen molar-refractivity contribution < 1.29 is 0 Å². The van der Waals surface area contributed by atoms with Gasteiger partial charge in [-0.25, -0.2) is 4.98 Å². The lowest BCUT2D eigenvalue weighted by atomic mass is 9.82. The first kappa shape index (κ1) is 23.4. The fraction of sp³-hybridized carbons (Fsp3) is 0.0789. The Bertz CT molecular complexity index is 1760. The van der Waals surface area contributed by atoms with Gasteiger partial charge in [-0.1, -0.05) is 129 Å². The maximum absolute atomic E-state index is 5.05. The van der Waals surface area contributed by atoms with Crippen molar-refractivity contribution in [3.8, 4) is 55.9 Å². The van der Waals surface area contributed by atoms with Crippen LogP contribution in [-0.2, 0) is 5.41 Å². The molecule has 39 heavy (non-hydrogen) atoms. The number of hydrogen-bond donors (Lipinski definition) is 0. The largest absolute Gasteiger partial charge is 0.248 e. The number of hydrogen-bond acceptors (Lipinski definition) is 1. The third kappa shape index (κ3) is 4.08. The molecule has 0 saturated carbocycles. The van der Waals surface area contributed by atoms with E-state index in [4.69, 9.17) is 4.98 Å². The smallest absolute Gasteiger partial charge is 0.0715 e. The van der Waals surface area contributed by atoms with Crippen molar-refractivity contribution in [3.05, 3.63) is 151 Å². The summed E-state index contributed by atoms with van der Waals surface area (Å²) in [4.78, 5) is 5.05. The highest BCUT2D eigenvalue weighted by Crippen LogP contribution is 2.49. The first-order chi connectivity index (χ1) is 19.1. The van der Waals surface area contributed by atoms with E-state index in [1.54, 1.807) is 0 Å². The van der Waals surface area contributed by atoms with Gasteiger partial charge >= 0.3 is 0 Å². The van der Waals surface area contributed by atoms with Crippen LogP contribution in [0.4, 0.5) is 0 Å². The van der Waals surface area contributed by atoms with Gasteiger partial charge in [-0.2, -0.15) is 0 Å². The first-order valence-corrected chi connectivity index (χ1v) is 13.6. The van der Waals surface area contributed by atoms with E-state index >= 15 is 0 Å². The number of nitrogens with zero attached hydrogens (tertiary/aromatic N) is 1. The van der Waals surface area contributed by atoms with Crippen molar-refractivity contribution in [1.82, 2.24) is 4.98 Å². The molecule has 186 valence electrons. The number of rotatable bonds is 4. The molecule has 0 fully saturated rings. The number of fused-ring (bicyclic) bond motifs is 3. The molecule has 1 heterocycles. The van der Waals surface area contributed by atoms with E-state index in [1.807, 2.05) is 12.1 Å². The fourth-order valence-electron chi connectivity index (χ4n) is 5.99. The first-order valence-electron chi connectivity index (χ1n) is 13.6. The third-order valence-corrected chi connectivity index (χ3v) is 8.08. The van der Waals surface area contributed by atoms with Gasteiger partial charge in [0, 0.05) is 16.5 Å². The highest BCUT2D eigenvalue weighted by atomic mass is 14.7. The minimum atomic E-state index is 0.0189. The Balaban J connectivity index is 1.35. The fourth-order valence-corrected chi connectivity index (χ4v) is 5.99. The minimum Gasteiger partial charge on any atom is -0.248 e. The second-order valence-corrected chi connectivity index (χ2v) is 10.9. The molecular formula is C38H29N. The molecule has 0 unspecified atom stereocenters. The van der Waals surface area contributed by atoms with Crippen molar-refractivity contribution in [2.75, 3.05) is 0 Å².